The van der Waals surface area contributed by atoms with Crippen LogP contribution in [0.2, 0.25) is 0 Å². The van der Waals surface area contributed by atoms with Crippen LogP contribution in [0.5, 0.6) is 0 Å². The van der Waals surface area contributed by atoms with Crippen molar-refractivity contribution in [3.05, 3.63) is 0 Å². The van der Waals surface area contributed by atoms with Gasteiger partial charge in [-0.05, 0) is 13.8 Å². The third kappa shape index (κ3) is 3.62. The zero-order valence-corrected chi connectivity index (χ0v) is 13.6. The molecule has 9 nitrogen and oxygen atoms in total. The predicted molar refractivity (Wildman–Crippen MR) is 71.6 cm³/mol. The molecular weight excluding hydrogens is 312 g/mol. The molecular formula is C14H20O9. The smallest absolute Gasteiger partial charge is 0.305 e. The molecule has 9 heteroatoms. The molecule has 2 saturated heterocycles. The summed E-state index contributed by atoms with van der Waals surface area (Å²) in [5.74, 6) is -2.93. The van der Waals surface area contributed by atoms with E-state index in [-0.39, 0.29) is 0 Å². The van der Waals surface area contributed by atoms with Gasteiger partial charge in [-0.1, -0.05) is 0 Å². The van der Waals surface area contributed by atoms with Gasteiger partial charge in [0.2, 0.25) is 5.60 Å². The Morgan fingerprint density at radius 3 is 2.17 bits per heavy atom. The first-order chi connectivity index (χ1) is 10.6. The topological polar surface area (TPSA) is 107 Å². The summed E-state index contributed by atoms with van der Waals surface area (Å²) in [5.41, 5.74) is -1.65. The Morgan fingerprint density at radius 2 is 1.65 bits per heavy atom. The van der Waals surface area contributed by atoms with E-state index in [2.05, 4.69) is 0 Å². The Bertz CT molecular complexity index is 514. The monoisotopic (exact) mass is 332 g/mol. The number of hydrogen-bond donors (Lipinski definition) is 0. The van der Waals surface area contributed by atoms with E-state index in [4.69, 9.17) is 28.4 Å². The molecule has 0 amide bonds. The molecule has 0 radical (unpaired) electrons. The van der Waals surface area contributed by atoms with Gasteiger partial charge in [-0.15, -0.1) is 0 Å². The van der Waals surface area contributed by atoms with Crippen molar-refractivity contribution in [1.29, 1.82) is 0 Å². The number of esters is 3. The maximum Gasteiger partial charge on any atom is 0.305 e. The van der Waals surface area contributed by atoms with Gasteiger partial charge < -0.3 is 28.4 Å². The fraction of sp³-hybridized carbons (Fsp3) is 0.786. The van der Waals surface area contributed by atoms with Gasteiger partial charge >= 0.3 is 17.9 Å². The van der Waals surface area contributed by atoms with E-state index in [1.54, 1.807) is 13.8 Å². The zero-order chi connectivity index (χ0) is 17.4. The lowest BCUT2D eigenvalue weighted by atomic mass is 9.98. The molecule has 0 bridgehead atoms. The first-order valence-corrected chi connectivity index (χ1v) is 7.07. The van der Waals surface area contributed by atoms with Gasteiger partial charge in [0, 0.05) is 20.8 Å². The predicted octanol–water partition coefficient (Wildman–Crippen LogP) is 0.248. The summed E-state index contributed by atoms with van der Waals surface area (Å²) in [6, 6.07) is 0. The van der Waals surface area contributed by atoms with E-state index in [9.17, 15) is 14.4 Å². The van der Waals surface area contributed by atoms with Crippen molar-refractivity contribution in [2.24, 2.45) is 0 Å². The molecule has 2 fully saturated rings. The Labute approximate surface area is 133 Å². The molecule has 4 atom stereocenters. The SMILES string of the molecule is CC(=O)OC[C@]1(OC(C)=O)C(OC(C)=O)O[C@@H]2OC(C)(C)O[C@@H]21. The van der Waals surface area contributed by atoms with Gasteiger partial charge in [0.15, 0.2) is 18.2 Å². The van der Waals surface area contributed by atoms with Crippen molar-refractivity contribution in [2.45, 2.75) is 64.7 Å². The number of ether oxygens (including phenoxy) is 6. The van der Waals surface area contributed by atoms with Crippen LogP contribution in [0, 0.1) is 0 Å². The van der Waals surface area contributed by atoms with Gasteiger partial charge in [0.25, 0.3) is 6.29 Å². The molecule has 0 saturated carbocycles. The van der Waals surface area contributed by atoms with Crippen molar-refractivity contribution >= 4 is 17.9 Å². The molecule has 0 N–H and O–H groups in total. The summed E-state index contributed by atoms with van der Waals surface area (Å²) in [6.07, 6.45) is -3.19. The Kier molecular flexibility index (Phi) is 4.65. The minimum absolute atomic E-state index is 0.402. The minimum atomic E-state index is -1.65. The highest BCUT2D eigenvalue weighted by molar-refractivity contribution is 5.68. The van der Waals surface area contributed by atoms with Crippen LogP contribution in [0.3, 0.4) is 0 Å². The van der Waals surface area contributed by atoms with E-state index in [0.29, 0.717) is 0 Å². The number of carbonyl (C=O) groups excluding carboxylic acids is 3. The van der Waals surface area contributed by atoms with E-state index < -0.39 is 54.6 Å². The molecule has 130 valence electrons. The second-order valence-electron chi connectivity index (χ2n) is 5.83. The van der Waals surface area contributed by atoms with Crippen LogP contribution >= 0.6 is 0 Å². The molecule has 2 heterocycles. The first-order valence-electron chi connectivity index (χ1n) is 7.07. The second kappa shape index (κ2) is 6.06. The number of fused-ring (bicyclic) bond motifs is 1. The molecule has 1 unspecified atom stereocenters. The summed E-state index contributed by atoms with van der Waals surface area (Å²) < 4.78 is 32.2. The highest BCUT2D eigenvalue weighted by Gasteiger charge is 2.68. The van der Waals surface area contributed by atoms with Gasteiger partial charge in [-0.2, -0.15) is 0 Å². The van der Waals surface area contributed by atoms with Gasteiger partial charge in [0.05, 0.1) is 0 Å². The van der Waals surface area contributed by atoms with Gasteiger partial charge in [0.1, 0.15) is 6.61 Å². The van der Waals surface area contributed by atoms with E-state index >= 15 is 0 Å². The highest BCUT2D eigenvalue weighted by Crippen LogP contribution is 2.45. The normalized spacial score (nSPS) is 34.6. The summed E-state index contributed by atoms with van der Waals surface area (Å²) in [4.78, 5) is 34.1. The zero-order valence-electron chi connectivity index (χ0n) is 13.6. The van der Waals surface area contributed by atoms with Crippen LogP contribution < -0.4 is 0 Å². The van der Waals surface area contributed by atoms with Crippen molar-refractivity contribution in [1.82, 2.24) is 0 Å². The molecule has 2 rings (SSSR count). The maximum atomic E-state index is 11.6. The molecule has 23 heavy (non-hydrogen) atoms. The third-order valence-corrected chi connectivity index (χ3v) is 3.30. The first kappa shape index (κ1) is 17.6. The highest BCUT2D eigenvalue weighted by atomic mass is 16.9. The lowest BCUT2D eigenvalue weighted by molar-refractivity contribution is -0.284. The molecule has 2 aliphatic heterocycles. The molecule has 0 aromatic rings. The van der Waals surface area contributed by atoms with Crippen molar-refractivity contribution in [2.75, 3.05) is 6.61 Å². The maximum absolute atomic E-state index is 11.6. The summed E-state index contributed by atoms with van der Waals surface area (Å²) in [6.45, 7) is 6.45. The molecule has 2 aliphatic rings. The minimum Gasteiger partial charge on any atom is -0.461 e. The summed E-state index contributed by atoms with van der Waals surface area (Å²) in [7, 11) is 0. The van der Waals surface area contributed by atoms with Crippen LogP contribution in [0.4, 0.5) is 0 Å². The van der Waals surface area contributed by atoms with Crippen molar-refractivity contribution < 1.29 is 42.8 Å². The average Bonchev–Trinajstić information content (AvgIpc) is 2.79. The third-order valence-electron chi connectivity index (χ3n) is 3.30. The lowest BCUT2D eigenvalue weighted by Gasteiger charge is -2.35. The van der Waals surface area contributed by atoms with Crippen LogP contribution in [-0.2, 0) is 42.8 Å². The molecule has 0 aromatic heterocycles. The Morgan fingerprint density at radius 1 is 1.00 bits per heavy atom. The number of hydrogen-bond acceptors (Lipinski definition) is 9. The molecule has 0 aromatic carbocycles. The average molecular weight is 332 g/mol. The molecule has 0 aliphatic carbocycles. The Hall–Kier alpha value is -1.71. The van der Waals surface area contributed by atoms with Crippen LogP contribution in [0.1, 0.15) is 34.6 Å². The Balaban J connectivity index is 2.37. The van der Waals surface area contributed by atoms with Crippen molar-refractivity contribution in [3.63, 3.8) is 0 Å². The lowest BCUT2D eigenvalue weighted by Crippen LogP contribution is -2.57. The van der Waals surface area contributed by atoms with Crippen LogP contribution in [-0.4, -0.2) is 54.6 Å². The van der Waals surface area contributed by atoms with Gasteiger partial charge in [-0.3, -0.25) is 14.4 Å². The van der Waals surface area contributed by atoms with Crippen molar-refractivity contribution in [3.8, 4) is 0 Å². The second-order valence-corrected chi connectivity index (χ2v) is 5.83. The fourth-order valence-corrected chi connectivity index (χ4v) is 2.58. The fourth-order valence-electron chi connectivity index (χ4n) is 2.58. The van der Waals surface area contributed by atoms with Gasteiger partial charge in [-0.25, -0.2) is 0 Å². The van der Waals surface area contributed by atoms with Crippen LogP contribution in [0.15, 0.2) is 0 Å². The number of rotatable bonds is 4. The summed E-state index contributed by atoms with van der Waals surface area (Å²) >= 11 is 0. The standard InChI is InChI=1S/C14H20O9/c1-7(15)18-6-14(21-9(3)17)10-11(23-13(4,5)22-10)20-12(14)19-8(2)16/h10-12H,6H2,1-5H3/t10-,11+,12?,14+/m0/s1. The van der Waals surface area contributed by atoms with E-state index in [1.165, 1.54) is 20.8 Å². The molecule has 0 spiro atoms. The van der Waals surface area contributed by atoms with E-state index in [1.807, 2.05) is 0 Å². The van der Waals surface area contributed by atoms with Crippen LogP contribution in [0.25, 0.3) is 0 Å². The number of carbonyl (C=O) groups is 3. The largest absolute Gasteiger partial charge is 0.461 e. The van der Waals surface area contributed by atoms with E-state index in [0.717, 1.165) is 0 Å². The quantitative estimate of drug-likeness (QED) is 0.529. The summed E-state index contributed by atoms with van der Waals surface area (Å²) in [5, 5.41) is 0.